The number of rotatable bonds is 9. The minimum Gasteiger partial charge on any atom is -0.469 e. The summed E-state index contributed by atoms with van der Waals surface area (Å²) in [5.74, 6) is 0.746. The molecule has 0 fully saturated rings. The Hall–Kier alpha value is -0.610. The standard InChI is InChI=1S/C8H16O2.C5H12O.C4H10O.C4H10.C3H8/c1-3-4-5-6-7-8(9)10-2;1-4-5(2)6-3;1-3-4-5-2;1-4(2)3;1-3-2/h3-7H2,1-2H3;5H,4H2,1-3H3;3-4H2,1-2H3;4H,1-3H3;3H2,1-2H3. The van der Waals surface area contributed by atoms with E-state index in [1.807, 2.05) is 0 Å². The molecular weight excluding hydrogens is 352 g/mol. The molecule has 176 valence electrons. The van der Waals surface area contributed by atoms with Crippen molar-refractivity contribution in [3.8, 4) is 0 Å². The Labute approximate surface area is 179 Å². The van der Waals surface area contributed by atoms with Gasteiger partial charge in [-0.3, -0.25) is 4.79 Å². The zero-order valence-electron chi connectivity index (χ0n) is 21.7. The molecule has 0 spiro atoms. The number of hydrogen-bond acceptors (Lipinski definition) is 4. The van der Waals surface area contributed by atoms with Gasteiger partial charge >= 0.3 is 5.97 Å². The van der Waals surface area contributed by atoms with Crippen molar-refractivity contribution in [2.45, 2.75) is 120 Å². The second-order valence-corrected chi connectivity index (χ2v) is 7.27. The lowest BCUT2D eigenvalue weighted by molar-refractivity contribution is -0.140. The molecule has 0 saturated heterocycles. The summed E-state index contributed by atoms with van der Waals surface area (Å²) in [6.07, 6.45) is 9.04. The fourth-order valence-corrected chi connectivity index (χ4v) is 1.17. The van der Waals surface area contributed by atoms with E-state index in [4.69, 9.17) is 9.47 Å². The maximum absolute atomic E-state index is 10.6. The highest BCUT2D eigenvalue weighted by atomic mass is 16.5. The lowest BCUT2D eigenvalue weighted by Crippen LogP contribution is -2.00. The predicted molar refractivity (Wildman–Crippen MR) is 126 cm³/mol. The van der Waals surface area contributed by atoms with E-state index in [1.165, 1.54) is 26.4 Å². The third-order valence-corrected chi connectivity index (χ3v) is 2.85. The van der Waals surface area contributed by atoms with Crippen LogP contribution < -0.4 is 0 Å². The Balaban J connectivity index is -0.0000000848. The summed E-state index contributed by atoms with van der Waals surface area (Å²) in [7, 11) is 4.87. The van der Waals surface area contributed by atoms with Crippen molar-refractivity contribution >= 4 is 5.97 Å². The number of esters is 1. The van der Waals surface area contributed by atoms with Crippen molar-refractivity contribution in [2.75, 3.05) is 27.9 Å². The van der Waals surface area contributed by atoms with Gasteiger partial charge in [-0.15, -0.1) is 0 Å². The monoisotopic (exact) mass is 408 g/mol. The largest absolute Gasteiger partial charge is 0.469 e. The van der Waals surface area contributed by atoms with Gasteiger partial charge in [-0.05, 0) is 32.1 Å². The van der Waals surface area contributed by atoms with Gasteiger partial charge in [0.25, 0.3) is 0 Å². The van der Waals surface area contributed by atoms with Crippen LogP contribution in [0.25, 0.3) is 0 Å². The van der Waals surface area contributed by atoms with Gasteiger partial charge in [0.15, 0.2) is 0 Å². The number of carbonyl (C=O) groups excluding carboxylic acids is 1. The number of hydrogen-bond donors (Lipinski definition) is 0. The molecule has 4 nitrogen and oxygen atoms in total. The molecule has 0 amide bonds. The lowest BCUT2D eigenvalue weighted by atomic mass is 10.2. The summed E-state index contributed by atoms with van der Waals surface area (Å²) in [5, 5.41) is 0. The average molecular weight is 409 g/mol. The lowest BCUT2D eigenvalue weighted by Gasteiger charge is -2.01. The Morgan fingerprint density at radius 3 is 1.43 bits per heavy atom. The molecule has 0 aliphatic carbocycles. The first kappa shape index (κ1) is 38.1. The molecule has 0 saturated carbocycles. The molecule has 1 atom stereocenters. The van der Waals surface area contributed by atoms with Crippen molar-refractivity contribution < 1.29 is 19.0 Å². The molecular formula is C24H56O4. The van der Waals surface area contributed by atoms with E-state index in [0.717, 1.165) is 38.2 Å². The first-order chi connectivity index (χ1) is 13.2. The molecule has 0 rings (SSSR count). The molecule has 1 unspecified atom stereocenters. The quantitative estimate of drug-likeness (QED) is 0.290. The molecule has 0 aliphatic heterocycles. The van der Waals surface area contributed by atoms with E-state index in [9.17, 15) is 4.79 Å². The molecule has 0 aromatic carbocycles. The SMILES string of the molecule is CC(C)C.CCC.CCC(C)OC.CCCCCCC(=O)OC.CCCOC. The summed E-state index contributed by atoms with van der Waals surface area (Å²) in [6, 6.07) is 0. The highest BCUT2D eigenvalue weighted by Crippen LogP contribution is 2.02. The number of unbranched alkanes of at least 4 members (excludes halogenated alkanes) is 3. The van der Waals surface area contributed by atoms with Crippen LogP contribution in [0.4, 0.5) is 0 Å². The van der Waals surface area contributed by atoms with E-state index < -0.39 is 0 Å². The van der Waals surface area contributed by atoms with Crippen molar-refractivity contribution in [2.24, 2.45) is 5.92 Å². The van der Waals surface area contributed by atoms with Crippen molar-refractivity contribution in [3.63, 3.8) is 0 Å². The van der Waals surface area contributed by atoms with Crippen LogP contribution >= 0.6 is 0 Å². The Kier molecular flexibility index (Phi) is 55.6. The van der Waals surface area contributed by atoms with Gasteiger partial charge in [0.1, 0.15) is 0 Å². The van der Waals surface area contributed by atoms with Crippen molar-refractivity contribution in [1.29, 1.82) is 0 Å². The van der Waals surface area contributed by atoms with Crippen LogP contribution in [0, 0.1) is 5.92 Å². The van der Waals surface area contributed by atoms with Crippen LogP contribution in [-0.4, -0.2) is 40.0 Å². The van der Waals surface area contributed by atoms with E-state index in [0.29, 0.717) is 12.5 Å². The molecule has 0 radical (unpaired) electrons. The van der Waals surface area contributed by atoms with Crippen LogP contribution in [-0.2, 0) is 19.0 Å². The fourth-order valence-electron chi connectivity index (χ4n) is 1.17. The van der Waals surface area contributed by atoms with E-state index in [-0.39, 0.29) is 5.97 Å². The third-order valence-electron chi connectivity index (χ3n) is 2.85. The average Bonchev–Trinajstić information content (AvgIpc) is 2.66. The second kappa shape index (κ2) is 40.9. The van der Waals surface area contributed by atoms with Gasteiger partial charge in [0, 0.05) is 27.2 Å². The second-order valence-electron chi connectivity index (χ2n) is 7.27. The number of ether oxygens (including phenoxy) is 3. The van der Waals surface area contributed by atoms with Gasteiger partial charge in [-0.25, -0.2) is 0 Å². The Bertz CT molecular complexity index is 222. The van der Waals surface area contributed by atoms with Gasteiger partial charge in [0.2, 0.25) is 0 Å². The van der Waals surface area contributed by atoms with Gasteiger partial charge in [-0.2, -0.15) is 0 Å². The summed E-state index contributed by atoms with van der Waals surface area (Å²) < 4.78 is 14.1. The van der Waals surface area contributed by atoms with Crippen LogP contribution in [0.15, 0.2) is 0 Å². The van der Waals surface area contributed by atoms with Crippen molar-refractivity contribution in [1.82, 2.24) is 0 Å². The van der Waals surface area contributed by atoms with E-state index in [2.05, 4.69) is 67.1 Å². The topological polar surface area (TPSA) is 44.8 Å². The minimum atomic E-state index is -0.0869. The molecule has 0 aromatic heterocycles. The van der Waals surface area contributed by atoms with Crippen LogP contribution in [0.1, 0.15) is 114 Å². The van der Waals surface area contributed by atoms with E-state index >= 15 is 0 Å². The van der Waals surface area contributed by atoms with Crippen LogP contribution in [0.2, 0.25) is 0 Å². The van der Waals surface area contributed by atoms with Gasteiger partial charge in [0.05, 0.1) is 13.2 Å². The Morgan fingerprint density at radius 1 is 0.786 bits per heavy atom. The maximum Gasteiger partial charge on any atom is 0.305 e. The minimum absolute atomic E-state index is 0.0869. The van der Waals surface area contributed by atoms with Crippen LogP contribution in [0.3, 0.4) is 0 Å². The predicted octanol–water partition coefficient (Wildman–Crippen LogP) is 7.68. The molecule has 28 heavy (non-hydrogen) atoms. The zero-order valence-corrected chi connectivity index (χ0v) is 21.7. The normalized spacial score (nSPS) is 9.89. The molecule has 0 aromatic rings. The smallest absolute Gasteiger partial charge is 0.305 e. The number of methoxy groups -OCH3 is 3. The van der Waals surface area contributed by atoms with Crippen molar-refractivity contribution in [3.05, 3.63) is 0 Å². The Morgan fingerprint density at radius 2 is 1.25 bits per heavy atom. The molecule has 4 heteroatoms. The highest BCUT2D eigenvalue weighted by Gasteiger charge is 1.97. The fraction of sp³-hybridized carbons (Fsp3) is 0.958. The molecule has 0 heterocycles. The summed E-state index contributed by atoms with van der Waals surface area (Å²) in [5.41, 5.74) is 0. The molecule has 0 aliphatic rings. The zero-order chi connectivity index (χ0) is 23.2. The summed E-state index contributed by atoms with van der Waals surface area (Å²) >= 11 is 0. The third kappa shape index (κ3) is 84.2. The molecule has 0 N–H and O–H groups in total. The molecule has 0 bridgehead atoms. The van der Waals surface area contributed by atoms with E-state index in [1.54, 1.807) is 14.2 Å². The first-order valence-electron chi connectivity index (χ1n) is 11.3. The highest BCUT2D eigenvalue weighted by molar-refractivity contribution is 5.68. The summed E-state index contributed by atoms with van der Waals surface area (Å²) in [6.45, 7) is 20.0. The van der Waals surface area contributed by atoms with Crippen LogP contribution in [0.5, 0.6) is 0 Å². The maximum atomic E-state index is 10.6. The van der Waals surface area contributed by atoms with Gasteiger partial charge < -0.3 is 14.2 Å². The summed E-state index contributed by atoms with van der Waals surface area (Å²) in [4.78, 5) is 10.6. The number of carbonyl (C=O) groups is 1. The van der Waals surface area contributed by atoms with Gasteiger partial charge in [-0.1, -0.05) is 81.1 Å². The first-order valence-corrected chi connectivity index (χ1v) is 11.3.